The summed E-state index contributed by atoms with van der Waals surface area (Å²) in [5, 5.41) is 10.0. The number of benzene rings is 1. The van der Waals surface area contributed by atoms with Gasteiger partial charge in [-0.2, -0.15) is 0 Å². The van der Waals surface area contributed by atoms with E-state index in [1.165, 1.54) is 18.4 Å². The lowest BCUT2D eigenvalue weighted by molar-refractivity contribution is 0.0833. The van der Waals surface area contributed by atoms with Gasteiger partial charge in [-0.05, 0) is 30.7 Å². The van der Waals surface area contributed by atoms with Crippen molar-refractivity contribution in [1.29, 1.82) is 0 Å². The molecule has 0 saturated heterocycles. The lowest BCUT2D eigenvalue weighted by Crippen LogP contribution is -2.27. The van der Waals surface area contributed by atoms with E-state index in [9.17, 15) is 5.11 Å². The molecular weight excluding hydrogens is 184 g/mol. The lowest BCUT2D eigenvalue weighted by Gasteiger charge is -2.33. The van der Waals surface area contributed by atoms with Gasteiger partial charge in [0.15, 0.2) is 0 Å². The van der Waals surface area contributed by atoms with Crippen LogP contribution in [-0.4, -0.2) is 11.2 Å². The normalized spacial score (nSPS) is 31.5. The third-order valence-corrected chi connectivity index (χ3v) is 3.73. The standard InChI is InChI=1S/C14H20O/c1-2-11-8-9-14(15)13(10-11)12-6-4-3-5-7-12/h3-7,11,13-15H,2,8-10H2,1H3. The minimum atomic E-state index is -0.129. The van der Waals surface area contributed by atoms with Gasteiger partial charge in [0, 0.05) is 5.92 Å². The molecule has 82 valence electrons. The molecule has 1 heteroatoms. The van der Waals surface area contributed by atoms with Crippen molar-refractivity contribution >= 4 is 0 Å². The summed E-state index contributed by atoms with van der Waals surface area (Å²) in [5.41, 5.74) is 1.31. The molecule has 3 unspecified atom stereocenters. The first kappa shape index (κ1) is 10.7. The number of aliphatic hydroxyl groups excluding tert-OH is 1. The second kappa shape index (κ2) is 4.80. The molecule has 0 spiro atoms. The average molecular weight is 204 g/mol. The minimum absolute atomic E-state index is 0.129. The predicted molar refractivity (Wildman–Crippen MR) is 62.8 cm³/mol. The van der Waals surface area contributed by atoms with Gasteiger partial charge in [-0.25, -0.2) is 0 Å². The molecule has 0 aliphatic heterocycles. The van der Waals surface area contributed by atoms with E-state index >= 15 is 0 Å². The molecule has 1 saturated carbocycles. The Labute approximate surface area is 92.1 Å². The lowest BCUT2D eigenvalue weighted by atomic mass is 9.75. The van der Waals surface area contributed by atoms with Crippen molar-refractivity contribution in [3.63, 3.8) is 0 Å². The molecule has 1 aliphatic carbocycles. The first-order valence-electron chi connectivity index (χ1n) is 6.04. The van der Waals surface area contributed by atoms with Crippen LogP contribution in [0, 0.1) is 5.92 Å². The summed E-state index contributed by atoms with van der Waals surface area (Å²) in [5.74, 6) is 1.17. The van der Waals surface area contributed by atoms with Crippen molar-refractivity contribution in [2.45, 2.75) is 44.6 Å². The van der Waals surface area contributed by atoms with Gasteiger partial charge in [0.1, 0.15) is 0 Å². The fourth-order valence-corrected chi connectivity index (χ4v) is 2.67. The average Bonchev–Trinajstić information content (AvgIpc) is 2.31. The van der Waals surface area contributed by atoms with Gasteiger partial charge in [0.25, 0.3) is 0 Å². The Morgan fingerprint density at radius 3 is 2.60 bits per heavy atom. The highest BCUT2D eigenvalue weighted by atomic mass is 16.3. The topological polar surface area (TPSA) is 20.2 Å². The second-order valence-electron chi connectivity index (χ2n) is 4.67. The molecule has 15 heavy (non-hydrogen) atoms. The van der Waals surface area contributed by atoms with E-state index in [2.05, 4.69) is 31.2 Å². The fourth-order valence-electron chi connectivity index (χ4n) is 2.67. The number of rotatable bonds is 2. The molecule has 3 atom stereocenters. The smallest absolute Gasteiger partial charge is 0.0608 e. The van der Waals surface area contributed by atoms with Gasteiger partial charge in [0.2, 0.25) is 0 Å². The van der Waals surface area contributed by atoms with E-state index in [4.69, 9.17) is 0 Å². The van der Waals surface area contributed by atoms with Crippen LogP contribution in [0.3, 0.4) is 0 Å². The molecule has 0 bridgehead atoms. The van der Waals surface area contributed by atoms with E-state index < -0.39 is 0 Å². The molecule has 1 aromatic rings. The zero-order valence-corrected chi connectivity index (χ0v) is 9.39. The Hall–Kier alpha value is -0.820. The van der Waals surface area contributed by atoms with E-state index in [1.807, 2.05) is 6.07 Å². The Kier molecular flexibility index (Phi) is 3.42. The van der Waals surface area contributed by atoms with Gasteiger partial charge in [-0.3, -0.25) is 0 Å². The van der Waals surface area contributed by atoms with Crippen LogP contribution in [0.2, 0.25) is 0 Å². The molecular formula is C14H20O. The van der Waals surface area contributed by atoms with Crippen LogP contribution >= 0.6 is 0 Å². The number of aliphatic hydroxyl groups is 1. The maximum absolute atomic E-state index is 10.0. The van der Waals surface area contributed by atoms with Gasteiger partial charge < -0.3 is 5.11 Å². The van der Waals surface area contributed by atoms with E-state index in [0.29, 0.717) is 5.92 Å². The fraction of sp³-hybridized carbons (Fsp3) is 0.571. The summed E-state index contributed by atoms with van der Waals surface area (Å²) >= 11 is 0. The summed E-state index contributed by atoms with van der Waals surface area (Å²) in [7, 11) is 0. The van der Waals surface area contributed by atoms with Crippen molar-refractivity contribution in [3.8, 4) is 0 Å². The zero-order chi connectivity index (χ0) is 10.7. The van der Waals surface area contributed by atoms with Crippen LogP contribution in [-0.2, 0) is 0 Å². The Morgan fingerprint density at radius 1 is 1.20 bits per heavy atom. The van der Waals surface area contributed by atoms with Crippen LogP contribution in [0.15, 0.2) is 30.3 Å². The maximum atomic E-state index is 10.0. The second-order valence-corrected chi connectivity index (χ2v) is 4.67. The molecule has 1 nitrogen and oxygen atoms in total. The highest BCUT2D eigenvalue weighted by Crippen LogP contribution is 2.37. The third-order valence-electron chi connectivity index (χ3n) is 3.73. The predicted octanol–water partition coefficient (Wildman–Crippen LogP) is 3.34. The van der Waals surface area contributed by atoms with Gasteiger partial charge >= 0.3 is 0 Å². The highest BCUT2D eigenvalue weighted by molar-refractivity contribution is 5.21. The highest BCUT2D eigenvalue weighted by Gasteiger charge is 2.29. The van der Waals surface area contributed by atoms with Crippen LogP contribution in [0.5, 0.6) is 0 Å². The third kappa shape index (κ3) is 2.40. The van der Waals surface area contributed by atoms with E-state index in [0.717, 1.165) is 18.8 Å². The zero-order valence-electron chi connectivity index (χ0n) is 9.39. The maximum Gasteiger partial charge on any atom is 0.0608 e. The molecule has 0 amide bonds. The van der Waals surface area contributed by atoms with Crippen LogP contribution in [0.25, 0.3) is 0 Å². The summed E-state index contributed by atoms with van der Waals surface area (Å²) in [6, 6.07) is 10.5. The first-order valence-corrected chi connectivity index (χ1v) is 6.04. The molecule has 1 fully saturated rings. The number of hydrogen-bond acceptors (Lipinski definition) is 1. The Morgan fingerprint density at radius 2 is 1.93 bits per heavy atom. The first-order chi connectivity index (χ1) is 7.31. The van der Waals surface area contributed by atoms with Crippen molar-refractivity contribution in [3.05, 3.63) is 35.9 Å². The molecule has 1 aliphatic rings. The van der Waals surface area contributed by atoms with E-state index in [1.54, 1.807) is 0 Å². The van der Waals surface area contributed by atoms with Gasteiger partial charge in [-0.15, -0.1) is 0 Å². The van der Waals surface area contributed by atoms with Crippen LogP contribution in [0.4, 0.5) is 0 Å². The number of hydrogen-bond donors (Lipinski definition) is 1. The van der Waals surface area contributed by atoms with Gasteiger partial charge in [0.05, 0.1) is 6.10 Å². The quantitative estimate of drug-likeness (QED) is 0.783. The SMILES string of the molecule is CCC1CCC(O)C(c2ccccc2)C1. The van der Waals surface area contributed by atoms with Crippen LogP contribution < -0.4 is 0 Å². The Balaban J connectivity index is 2.13. The molecule has 1 N–H and O–H groups in total. The largest absolute Gasteiger partial charge is 0.392 e. The molecule has 0 aromatic heterocycles. The summed E-state index contributed by atoms with van der Waals surface area (Å²) < 4.78 is 0. The van der Waals surface area contributed by atoms with E-state index in [-0.39, 0.29) is 6.10 Å². The van der Waals surface area contributed by atoms with Crippen molar-refractivity contribution in [2.75, 3.05) is 0 Å². The van der Waals surface area contributed by atoms with Crippen LogP contribution in [0.1, 0.15) is 44.1 Å². The van der Waals surface area contributed by atoms with Crippen molar-refractivity contribution in [1.82, 2.24) is 0 Å². The summed E-state index contributed by atoms with van der Waals surface area (Å²) in [6.07, 6.45) is 4.44. The Bertz CT molecular complexity index is 293. The molecule has 0 heterocycles. The minimum Gasteiger partial charge on any atom is -0.392 e. The van der Waals surface area contributed by atoms with Gasteiger partial charge in [-0.1, -0.05) is 43.7 Å². The molecule has 0 radical (unpaired) electrons. The molecule has 2 rings (SSSR count). The summed E-state index contributed by atoms with van der Waals surface area (Å²) in [4.78, 5) is 0. The molecule has 1 aromatic carbocycles. The monoisotopic (exact) mass is 204 g/mol. The summed E-state index contributed by atoms with van der Waals surface area (Å²) in [6.45, 7) is 2.25. The van der Waals surface area contributed by atoms with Crippen molar-refractivity contribution in [2.24, 2.45) is 5.92 Å². The van der Waals surface area contributed by atoms with Crippen molar-refractivity contribution < 1.29 is 5.11 Å².